The summed E-state index contributed by atoms with van der Waals surface area (Å²) in [4.78, 5) is 3.95. The molecule has 0 amide bonds. The molecule has 1 aliphatic heterocycles. The van der Waals surface area contributed by atoms with Crippen LogP contribution in [0, 0.1) is 5.92 Å². The van der Waals surface area contributed by atoms with Gasteiger partial charge in [0.2, 0.25) is 0 Å². The Bertz CT molecular complexity index is 366. The fourth-order valence-electron chi connectivity index (χ4n) is 2.56. The molecule has 1 N–H and O–H groups in total. The first kappa shape index (κ1) is 15.4. The molecule has 1 aliphatic rings. The lowest BCUT2D eigenvalue weighted by Gasteiger charge is -2.29. The Labute approximate surface area is 128 Å². The molecule has 1 aromatic heterocycles. The Morgan fingerprint density at radius 2 is 2.42 bits per heavy atom. The predicted octanol–water partition coefficient (Wildman–Crippen LogP) is 2.96. The average molecular weight is 347 g/mol. The summed E-state index contributed by atoms with van der Waals surface area (Å²) < 4.78 is 6.46. The van der Waals surface area contributed by atoms with Gasteiger partial charge in [0.1, 0.15) is 0 Å². The van der Waals surface area contributed by atoms with E-state index in [9.17, 15) is 0 Å². The topological polar surface area (TPSA) is 24.5 Å². The molecule has 0 aliphatic carbocycles. The zero-order valence-corrected chi connectivity index (χ0v) is 13.9. The van der Waals surface area contributed by atoms with Crippen LogP contribution in [0.1, 0.15) is 17.7 Å². The molecule has 1 unspecified atom stereocenters. The van der Waals surface area contributed by atoms with Gasteiger partial charge in [0, 0.05) is 31.6 Å². The van der Waals surface area contributed by atoms with Crippen molar-refractivity contribution in [2.45, 2.75) is 19.4 Å². The van der Waals surface area contributed by atoms with Crippen molar-refractivity contribution < 1.29 is 4.74 Å². The SMILES string of the molecule is COCCN(Cc1ccc(Br)s1)CC1CCCNC1. The quantitative estimate of drug-likeness (QED) is 0.821. The summed E-state index contributed by atoms with van der Waals surface area (Å²) in [7, 11) is 1.78. The summed E-state index contributed by atoms with van der Waals surface area (Å²) in [6.07, 6.45) is 2.66. The summed E-state index contributed by atoms with van der Waals surface area (Å²) >= 11 is 5.37. The highest BCUT2D eigenvalue weighted by Crippen LogP contribution is 2.24. The van der Waals surface area contributed by atoms with E-state index in [4.69, 9.17) is 4.74 Å². The largest absolute Gasteiger partial charge is 0.383 e. The van der Waals surface area contributed by atoms with E-state index in [1.54, 1.807) is 7.11 Å². The van der Waals surface area contributed by atoms with Gasteiger partial charge < -0.3 is 10.1 Å². The van der Waals surface area contributed by atoms with E-state index in [1.807, 2.05) is 11.3 Å². The lowest BCUT2D eigenvalue weighted by atomic mass is 9.99. The number of piperidine rings is 1. The van der Waals surface area contributed by atoms with Crippen LogP contribution in [0.3, 0.4) is 0 Å². The molecule has 0 bridgehead atoms. The fraction of sp³-hybridized carbons (Fsp3) is 0.714. The molecular weight excluding hydrogens is 324 g/mol. The van der Waals surface area contributed by atoms with E-state index in [0.29, 0.717) is 0 Å². The van der Waals surface area contributed by atoms with Gasteiger partial charge in [0.05, 0.1) is 10.4 Å². The Kier molecular flexibility index (Phi) is 6.81. The third kappa shape index (κ3) is 5.52. The molecule has 19 heavy (non-hydrogen) atoms. The molecule has 0 radical (unpaired) electrons. The summed E-state index contributed by atoms with van der Waals surface area (Å²) in [6, 6.07) is 4.35. The van der Waals surface area contributed by atoms with Crippen molar-refractivity contribution in [1.82, 2.24) is 10.2 Å². The molecule has 1 atom stereocenters. The molecule has 108 valence electrons. The van der Waals surface area contributed by atoms with Crippen LogP contribution < -0.4 is 5.32 Å². The molecule has 2 heterocycles. The van der Waals surface area contributed by atoms with Crippen molar-refractivity contribution >= 4 is 27.3 Å². The highest BCUT2D eigenvalue weighted by Gasteiger charge is 2.17. The maximum atomic E-state index is 5.24. The molecule has 0 saturated carbocycles. The van der Waals surface area contributed by atoms with Crippen LogP contribution >= 0.6 is 27.3 Å². The Hall–Kier alpha value is 0.0600. The standard InChI is InChI=1S/C14H23BrN2OS/c1-18-8-7-17(10-12-3-2-6-16-9-12)11-13-4-5-14(15)19-13/h4-5,12,16H,2-3,6-11H2,1H3. The van der Waals surface area contributed by atoms with Crippen LogP contribution in [0.2, 0.25) is 0 Å². The maximum Gasteiger partial charge on any atom is 0.0701 e. The zero-order valence-electron chi connectivity index (χ0n) is 11.5. The van der Waals surface area contributed by atoms with Crippen molar-refractivity contribution in [3.63, 3.8) is 0 Å². The molecule has 1 aromatic rings. The number of methoxy groups -OCH3 is 1. The highest BCUT2D eigenvalue weighted by atomic mass is 79.9. The van der Waals surface area contributed by atoms with Crippen molar-refractivity contribution in [2.75, 3.05) is 39.9 Å². The monoisotopic (exact) mass is 346 g/mol. The molecule has 5 heteroatoms. The number of nitrogens with zero attached hydrogens (tertiary/aromatic N) is 1. The second-order valence-corrected chi connectivity index (χ2v) is 7.69. The number of rotatable bonds is 7. The van der Waals surface area contributed by atoms with E-state index in [-0.39, 0.29) is 0 Å². The Morgan fingerprint density at radius 1 is 1.53 bits per heavy atom. The van der Waals surface area contributed by atoms with Crippen LogP contribution in [0.5, 0.6) is 0 Å². The molecule has 1 fully saturated rings. The minimum absolute atomic E-state index is 0.786. The van der Waals surface area contributed by atoms with Gasteiger partial charge in [-0.25, -0.2) is 0 Å². The smallest absolute Gasteiger partial charge is 0.0701 e. The lowest BCUT2D eigenvalue weighted by Crippen LogP contribution is -2.39. The third-order valence-electron chi connectivity index (χ3n) is 3.54. The first-order valence-electron chi connectivity index (χ1n) is 6.94. The normalized spacial score (nSPS) is 20.1. The van der Waals surface area contributed by atoms with Crippen molar-refractivity contribution in [1.29, 1.82) is 0 Å². The number of hydrogen-bond donors (Lipinski definition) is 1. The molecule has 0 spiro atoms. The predicted molar refractivity (Wildman–Crippen MR) is 84.8 cm³/mol. The van der Waals surface area contributed by atoms with Crippen LogP contribution in [0.25, 0.3) is 0 Å². The number of halogens is 1. The first-order chi connectivity index (χ1) is 9.28. The van der Waals surface area contributed by atoms with Crippen LogP contribution in [0.15, 0.2) is 15.9 Å². The van der Waals surface area contributed by atoms with Gasteiger partial charge in [-0.2, -0.15) is 0 Å². The number of nitrogens with one attached hydrogen (secondary N) is 1. The molecule has 3 nitrogen and oxygen atoms in total. The molecule has 0 aromatic carbocycles. The number of ether oxygens (including phenoxy) is 1. The first-order valence-corrected chi connectivity index (χ1v) is 8.55. The highest BCUT2D eigenvalue weighted by molar-refractivity contribution is 9.11. The van der Waals surface area contributed by atoms with Gasteiger partial charge in [-0.15, -0.1) is 11.3 Å². The molecule has 2 rings (SSSR count). The molecule has 1 saturated heterocycles. The lowest BCUT2D eigenvalue weighted by molar-refractivity contribution is 0.128. The van der Waals surface area contributed by atoms with E-state index in [2.05, 4.69) is 38.3 Å². The van der Waals surface area contributed by atoms with Crippen LogP contribution in [0.4, 0.5) is 0 Å². The maximum absolute atomic E-state index is 5.24. The summed E-state index contributed by atoms with van der Waals surface area (Å²) in [5.41, 5.74) is 0. The minimum atomic E-state index is 0.786. The average Bonchev–Trinajstić information content (AvgIpc) is 2.82. The van der Waals surface area contributed by atoms with Crippen molar-refractivity contribution in [2.24, 2.45) is 5.92 Å². The summed E-state index contributed by atoms with van der Waals surface area (Å²) in [6.45, 7) is 6.39. The fourth-order valence-corrected chi connectivity index (χ4v) is 4.08. The zero-order chi connectivity index (χ0) is 13.5. The minimum Gasteiger partial charge on any atom is -0.383 e. The van der Waals surface area contributed by atoms with Gasteiger partial charge in [-0.3, -0.25) is 4.90 Å². The summed E-state index contributed by atoms with van der Waals surface area (Å²) in [5.74, 6) is 0.786. The van der Waals surface area contributed by atoms with Gasteiger partial charge in [-0.1, -0.05) is 0 Å². The Morgan fingerprint density at radius 3 is 3.05 bits per heavy atom. The molecular formula is C14H23BrN2OS. The van der Waals surface area contributed by atoms with Gasteiger partial charge >= 0.3 is 0 Å². The second-order valence-electron chi connectivity index (χ2n) is 5.15. The second kappa shape index (κ2) is 8.37. The van der Waals surface area contributed by atoms with Gasteiger partial charge in [0.15, 0.2) is 0 Å². The number of hydrogen-bond acceptors (Lipinski definition) is 4. The van der Waals surface area contributed by atoms with E-state index in [1.165, 1.54) is 34.6 Å². The van der Waals surface area contributed by atoms with Crippen molar-refractivity contribution in [3.05, 3.63) is 20.8 Å². The number of thiophene rings is 1. The van der Waals surface area contributed by atoms with E-state index >= 15 is 0 Å². The van der Waals surface area contributed by atoms with Gasteiger partial charge in [-0.05, 0) is 59.9 Å². The van der Waals surface area contributed by atoms with Crippen LogP contribution in [-0.4, -0.2) is 44.8 Å². The van der Waals surface area contributed by atoms with E-state index in [0.717, 1.165) is 32.2 Å². The Balaban J connectivity index is 1.86. The van der Waals surface area contributed by atoms with E-state index < -0.39 is 0 Å². The van der Waals surface area contributed by atoms with Crippen molar-refractivity contribution in [3.8, 4) is 0 Å². The van der Waals surface area contributed by atoms with Crippen LogP contribution in [-0.2, 0) is 11.3 Å². The summed E-state index contributed by atoms with van der Waals surface area (Å²) in [5, 5.41) is 3.50. The third-order valence-corrected chi connectivity index (χ3v) is 5.14. The van der Waals surface area contributed by atoms with Gasteiger partial charge in [0.25, 0.3) is 0 Å².